The zero-order chi connectivity index (χ0) is 27.3. The van der Waals surface area contributed by atoms with Gasteiger partial charge in [0.2, 0.25) is 0 Å². The van der Waals surface area contributed by atoms with Crippen LogP contribution in [-0.2, 0) is 12.6 Å². The molecule has 1 heterocycles. The van der Waals surface area contributed by atoms with Crippen LogP contribution in [0.25, 0.3) is 27.8 Å². The van der Waals surface area contributed by atoms with Crippen LogP contribution in [0.2, 0.25) is 0 Å². The lowest BCUT2D eigenvalue weighted by Gasteiger charge is -2.16. The van der Waals surface area contributed by atoms with E-state index in [2.05, 4.69) is 23.2 Å². The monoisotopic (exact) mass is 523 g/mol. The zero-order valence-corrected chi connectivity index (χ0v) is 22.4. The third-order valence-electron chi connectivity index (χ3n) is 7.03. The quantitative estimate of drug-likeness (QED) is 0.199. The Morgan fingerprint density at radius 1 is 0.816 bits per heavy atom. The molecule has 0 aliphatic rings. The van der Waals surface area contributed by atoms with Crippen molar-refractivity contribution >= 4 is 11.0 Å². The maximum atomic E-state index is 13.3. The Balaban J connectivity index is 1.71. The van der Waals surface area contributed by atoms with Crippen LogP contribution in [0.4, 0.5) is 13.2 Å². The molecule has 0 unspecified atom stereocenters. The van der Waals surface area contributed by atoms with E-state index < -0.39 is 11.7 Å². The first-order valence-corrected chi connectivity index (χ1v) is 13.6. The fourth-order valence-corrected chi connectivity index (χ4v) is 4.86. The van der Waals surface area contributed by atoms with E-state index in [4.69, 9.17) is 0 Å². The van der Waals surface area contributed by atoms with Crippen molar-refractivity contribution < 1.29 is 18.3 Å². The summed E-state index contributed by atoms with van der Waals surface area (Å²) < 4.78 is 39.8. The molecule has 0 amide bonds. The number of benzene rings is 3. The van der Waals surface area contributed by atoms with Gasteiger partial charge in [0.15, 0.2) is 0 Å². The molecular weight excluding hydrogens is 487 g/mol. The van der Waals surface area contributed by atoms with Gasteiger partial charge >= 0.3 is 6.18 Å². The molecule has 202 valence electrons. The van der Waals surface area contributed by atoms with E-state index in [0.29, 0.717) is 16.8 Å². The molecule has 4 nitrogen and oxygen atoms in total. The van der Waals surface area contributed by atoms with Crippen LogP contribution in [0.1, 0.15) is 88.3 Å². The van der Waals surface area contributed by atoms with Crippen LogP contribution < -0.4 is 0 Å². The highest BCUT2D eigenvalue weighted by Gasteiger charge is 2.31. The molecule has 38 heavy (non-hydrogen) atoms. The molecule has 1 N–H and O–H groups in total. The minimum absolute atomic E-state index is 0.126. The van der Waals surface area contributed by atoms with Gasteiger partial charge < -0.3 is 5.11 Å². The largest absolute Gasteiger partial charge is 0.507 e. The highest BCUT2D eigenvalue weighted by Crippen LogP contribution is 2.39. The second-order valence-electron chi connectivity index (χ2n) is 10.3. The molecule has 0 aliphatic heterocycles. The van der Waals surface area contributed by atoms with Gasteiger partial charge in [0.05, 0.1) is 11.3 Å². The normalized spacial score (nSPS) is 12.1. The molecular formula is C31H36F3N3O. The van der Waals surface area contributed by atoms with Crippen molar-refractivity contribution in [3.05, 3.63) is 71.3 Å². The summed E-state index contributed by atoms with van der Waals surface area (Å²) in [5.41, 5.74) is 3.72. The Hall–Kier alpha value is -3.35. The third-order valence-corrected chi connectivity index (χ3v) is 7.03. The van der Waals surface area contributed by atoms with Crippen molar-refractivity contribution in [2.45, 2.75) is 84.2 Å². The molecule has 0 saturated heterocycles. The molecule has 1 aromatic heterocycles. The third kappa shape index (κ3) is 6.37. The average molecular weight is 524 g/mol. The minimum atomic E-state index is -4.46. The number of aryl methyl sites for hydroxylation is 1. The molecule has 0 bridgehead atoms. The summed E-state index contributed by atoms with van der Waals surface area (Å²) in [6, 6.07) is 15.1. The van der Waals surface area contributed by atoms with Gasteiger partial charge in [-0.1, -0.05) is 89.6 Å². The van der Waals surface area contributed by atoms with Crippen molar-refractivity contribution in [1.29, 1.82) is 0 Å². The van der Waals surface area contributed by atoms with Crippen molar-refractivity contribution in [2.75, 3.05) is 0 Å². The summed E-state index contributed by atoms with van der Waals surface area (Å²) in [5, 5.41) is 20.1. The van der Waals surface area contributed by atoms with Gasteiger partial charge in [-0.05, 0) is 54.2 Å². The molecule has 4 aromatic rings. The molecule has 3 aromatic carbocycles. The molecule has 7 heteroatoms. The highest BCUT2D eigenvalue weighted by atomic mass is 19.4. The first-order chi connectivity index (χ1) is 18.2. The fourth-order valence-electron chi connectivity index (χ4n) is 4.86. The van der Waals surface area contributed by atoms with E-state index >= 15 is 0 Å². The maximum absolute atomic E-state index is 13.3. The standard InChI is InChI=1S/C31H36F3N3O/c1-4-5-6-7-8-9-10-12-22-15-17-25(26-14-11-13-24(21(2)3)30(26)38)29(19-22)37-35-27-18-16-23(31(32,33)34)20-28(27)36-37/h11,13-21,38H,4-10,12H2,1-3H3. The number of hydrogen-bond acceptors (Lipinski definition) is 3. The van der Waals surface area contributed by atoms with E-state index in [9.17, 15) is 18.3 Å². The van der Waals surface area contributed by atoms with Gasteiger partial charge in [-0.25, -0.2) is 0 Å². The van der Waals surface area contributed by atoms with Gasteiger partial charge in [0.1, 0.15) is 16.8 Å². The molecule has 0 atom stereocenters. The van der Waals surface area contributed by atoms with Crippen molar-refractivity contribution in [3.8, 4) is 22.6 Å². The van der Waals surface area contributed by atoms with Gasteiger partial charge in [-0.3, -0.25) is 0 Å². The smallest absolute Gasteiger partial charge is 0.416 e. The number of nitrogens with zero attached hydrogens (tertiary/aromatic N) is 3. The van der Waals surface area contributed by atoms with E-state index in [1.165, 1.54) is 43.0 Å². The van der Waals surface area contributed by atoms with Crippen molar-refractivity contribution in [3.63, 3.8) is 0 Å². The zero-order valence-electron chi connectivity index (χ0n) is 22.4. The summed E-state index contributed by atoms with van der Waals surface area (Å²) in [6.45, 7) is 6.25. The molecule has 0 fully saturated rings. The molecule has 0 aliphatic carbocycles. The Bertz CT molecular complexity index is 1370. The minimum Gasteiger partial charge on any atom is -0.507 e. The van der Waals surface area contributed by atoms with Crippen LogP contribution in [0.3, 0.4) is 0 Å². The van der Waals surface area contributed by atoms with Gasteiger partial charge in [-0.2, -0.15) is 13.2 Å². The van der Waals surface area contributed by atoms with E-state index in [1.54, 1.807) is 0 Å². The van der Waals surface area contributed by atoms with Crippen LogP contribution >= 0.6 is 0 Å². The lowest BCUT2D eigenvalue weighted by atomic mass is 9.93. The SMILES string of the molecule is CCCCCCCCCc1ccc(-c2cccc(C(C)C)c2O)c(-n2nc3ccc(C(F)(F)F)cc3n2)c1. The van der Waals surface area contributed by atoms with Gasteiger partial charge in [0.25, 0.3) is 0 Å². The molecule has 0 spiro atoms. The van der Waals surface area contributed by atoms with Crippen LogP contribution in [0, 0.1) is 0 Å². The number of para-hydroxylation sites is 1. The lowest BCUT2D eigenvalue weighted by molar-refractivity contribution is -0.137. The van der Waals surface area contributed by atoms with Crippen molar-refractivity contribution in [2.24, 2.45) is 0 Å². The van der Waals surface area contributed by atoms with Crippen LogP contribution in [0.15, 0.2) is 54.6 Å². The summed E-state index contributed by atoms with van der Waals surface area (Å²) in [5.74, 6) is 0.320. The number of fused-ring (bicyclic) bond motifs is 1. The fraction of sp³-hybridized carbons (Fsp3) is 0.419. The summed E-state index contributed by atoms with van der Waals surface area (Å²) in [7, 11) is 0. The average Bonchev–Trinajstić information content (AvgIpc) is 3.31. The number of phenols is 1. The second-order valence-corrected chi connectivity index (χ2v) is 10.3. The molecule has 0 radical (unpaired) electrons. The molecule has 4 rings (SSSR count). The predicted octanol–water partition coefficient (Wildman–Crippen LogP) is 9.23. The Labute approximate surface area is 222 Å². The summed E-state index contributed by atoms with van der Waals surface area (Å²) in [6.07, 6.45) is 4.92. The first kappa shape index (κ1) is 27.7. The number of unbranched alkanes of at least 4 members (excludes halogenated alkanes) is 6. The van der Waals surface area contributed by atoms with E-state index in [-0.39, 0.29) is 17.2 Å². The Morgan fingerprint density at radius 3 is 2.24 bits per heavy atom. The Kier molecular flexibility index (Phi) is 8.75. The predicted molar refractivity (Wildman–Crippen MR) is 147 cm³/mol. The van der Waals surface area contributed by atoms with Crippen LogP contribution in [0.5, 0.6) is 5.75 Å². The number of rotatable bonds is 11. The number of phenolic OH excluding ortho intramolecular Hbond substituents is 1. The lowest BCUT2D eigenvalue weighted by Crippen LogP contribution is -2.04. The van der Waals surface area contributed by atoms with Gasteiger partial charge in [-0.15, -0.1) is 15.0 Å². The molecule has 0 saturated carbocycles. The second kappa shape index (κ2) is 12.0. The van der Waals surface area contributed by atoms with Crippen molar-refractivity contribution in [1.82, 2.24) is 15.0 Å². The number of alkyl halides is 3. The summed E-state index contributed by atoms with van der Waals surface area (Å²) >= 11 is 0. The maximum Gasteiger partial charge on any atom is 0.416 e. The summed E-state index contributed by atoms with van der Waals surface area (Å²) in [4.78, 5) is 1.40. The van der Waals surface area contributed by atoms with E-state index in [0.717, 1.165) is 48.1 Å². The number of aromatic nitrogens is 3. The van der Waals surface area contributed by atoms with Crippen LogP contribution in [-0.4, -0.2) is 20.1 Å². The highest BCUT2D eigenvalue weighted by molar-refractivity contribution is 5.80. The van der Waals surface area contributed by atoms with Gasteiger partial charge in [0, 0.05) is 11.1 Å². The van der Waals surface area contributed by atoms with E-state index in [1.807, 2.05) is 44.2 Å². The first-order valence-electron chi connectivity index (χ1n) is 13.6. The number of halogens is 3. The number of hydrogen-bond donors (Lipinski definition) is 1. The Morgan fingerprint density at radius 2 is 1.53 bits per heavy atom. The topological polar surface area (TPSA) is 50.9 Å². The number of aromatic hydroxyl groups is 1.